The van der Waals surface area contributed by atoms with Crippen molar-refractivity contribution in [2.24, 2.45) is 0 Å². The zero-order chi connectivity index (χ0) is 45.3. The highest BCUT2D eigenvalue weighted by molar-refractivity contribution is 7.46. The minimum atomic E-state index is -4.77. The summed E-state index contributed by atoms with van der Waals surface area (Å²) in [5.74, 6) is -0.894. The molecule has 0 aromatic rings. The number of hydrogen-bond donors (Lipinski definition) is 2. The molecule has 1 unspecified atom stereocenters. The Morgan fingerprint density at radius 2 is 0.774 bits per heavy atom. The Labute approximate surface area is 380 Å². The van der Waals surface area contributed by atoms with Crippen molar-refractivity contribution >= 4 is 19.8 Å². The van der Waals surface area contributed by atoms with Gasteiger partial charge in [0.25, 0.3) is 0 Å². The summed E-state index contributed by atoms with van der Waals surface area (Å²) < 4.78 is 26.5. The predicted molar refractivity (Wildman–Crippen MR) is 262 cm³/mol. The Morgan fingerprint density at radius 1 is 0.435 bits per heavy atom. The lowest BCUT2D eigenvalue weighted by atomic mass is 10.0. The van der Waals surface area contributed by atoms with Gasteiger partial charge in [-0.05, 0) is 83.5 Å². The number of hydrogen-bond acceptors (Lipinski definition) is 6. The first-order valence-electron chi connectivity index (χ1n) is 25.2. The fraction of sp³-hybridized carbons (Fsp3) is 0.736. The molecule has 0 fully saturated rings. The van der Waals surface area contributed by atoms with Crippen molar-refractivity contribution < 1.29 is 37.9 Å². The highest BCUT2D eigenvalue weighted by atomic mass is 31.2. The average Bonchev–Trinajstić information content (AvgIpc) is 3.25. The van der Waals surface area contributed by atoms with Crippen molar-refractivity contribution in [3.8, 4) is 0 Å². The van der Waals surface area contributed by atoms with Crippen LogP contribution in [0, 0.1) is 0 Å². The van der Waals surface area contributed by atoms with E-state index in [4.69, 9.17) is 19.3 Å². The van der Waals surface area contributed by atoms with Crippen LogP contribution in [0.5, 0.6) is 0 Å². The molecule has 0 radical (unpaired) electrons. The molecule has 0 heterocycles. The van der Waals surface area contributed by atoms with Crippen LogP contribution in [0.4, 0.5) is 0 Å². The molecule has 0 aromatic carbocycles. The van der Waals surface area contributed by atoms with Gasteiger partial charge in [-0.1, -0.05) is 209 Å². The van der Waals surface area contributed by atoms with Crippen LogP contribution in [0.15, 0.2) is 72.9 Å². The van der Waals surface area contributed by atoms with Crippen molar-refractivity contribution in [2.75, 3.05) is 13.2 Å². The van der Waals surface area contributed by atoms with Crippen molar-refractivity contribution in [3.63, 3.8) is 0 Å². The molecule has 0 saturated heterocycles. The topological polar surface area (TPSA) is 119 Å². The molecular formula is C53H93O8P. The Morgan fingerprint density at radius 3 is 1.16 bits per heavy atom. The van der Waals surface area contributed by atoms with E-state index in [9.17, 15) is 14.2 Å². The molecule has 0 rings (SSSR count). The number of phosphoric acid groups is 1. The van der Waals surface area contributed by atoms with Gasteiger partial charge in [-0.25, -0.2) is 4.57 Å². The molecule has 0 bridgehead atoms. The van der Waals surface area contributed by atoms with E-state index in [0.717, 1.165) is 77.0 Å². The number of phosphoric ester groups is 1. The monoisotopic (exact) mass is 889 g/mol. The van der Waals surface area contributed by atoms with Gasteiger partial charge in [-0.3, -0.25) is 14.1 Å². The van der Waals surface area contributed by atoms with Crippen LogP contribution in [0.25, 0.3) is 0 Å². The van der Waals surface area contributed by atoms with Crippen molar-refractivity contribution in [1.82, 2.24) is 0 Å². The third-order valence-electron chi connectivity index (χ3n) is 10.7. The Kier molecular flexibility index (Phi) is 46.0. The van der Waals surface area contributed by atoms with Crippen LogP contribution in [-0.4, -0.2) is 41.0 Å². The molecule has 0 saturated carbocycles. The highest BCUT2D eigenvalue weighted by Gasteiger charge is 2.23. The first-order valence-corrected chi connectivity index (χ1v) is 26.8. The van der Waals surface area contributed by atoms with Gasteiger partial charge in [-0.15, -0.1) is 0 Å². The van der Waals surface area contributed by atoms with E-state index in [2.05, 4.69) is 91.3 Å². The zero-order valence-corrected chi connectivity index (χ0v) is 40.6. The van der Waals surface area contributed by atoms with Crippen molar-refractivity contribution in [3.05, 3.63) is 72.9 Å². The van der Waals surface area contributed by atoms with E-state index in [-0.39, 0.29) is 19.4 Å². The second-order valence-corrected chi connectivity index (χ2v) is 18.0. The van der Waals surface area contributed by atoms with Gasteiger partial charge in [0.1, 0.15) is 6.61 Å². The minimum absolute atomic E-state index is 0.199. The maximum atomic E-state index is 12.5. The quantitative estimate of drug-likeness (QED) is 0.0268. The van der Waals surface area contributed by atoms with E-state index >= 15 is 0 Å². The molecule has 8 nitrogen and oxygen atoms in total. The summed E-state index contributed by atoms with van der Waals surface area (Å²) in [6, 6.07) is 0. The summed E-state index contributed by atoms with van der Waals surface area (Å²) in [5.41, 5.74) is 0. The fourth-order valence-corrected chi connectivity index (χ4v) is 7.34. The molecule has 0 amide bonds. The van der Waals surface area contributed by atoms with E-state index in [1.54, 1.807) is 0 Å². The van der Waals surface area contributed by atoms with E-state index in [1.165, 1.54) is 122 Å². The van der Waals surface area contributed by atoms with Gasteiger partial charge in [0, 0.05) is 12.8 Å². The molecule has 1 atom stereocenters. The summed E-state index contributed by atoms with van der Waals surface area (Å²) in [6.45, 7) is 3.58. The number of allylic oxidation sites excluding steroid dienone is 12. The van der Waals surface area contributed by atoms with Gasteiger partial charge >= 0.3 is 19.8 Å². The lowest BCUT2D eigenvalue weighted by Crippen LogP contribution is -2.29. The smallest absolute Gasteiger partial charge is 0.462 e. The molecule has 0 aliphatic heterocycles. The first-order chi connectivity index (χ1) is 30.3. The molecule has 0 aliphatic rings. The summed E-state index contributed by atoms with van der Waals surface area (Å²) in [5, 5.41) is 0. The molecule has 2 N–H and O–H groups in total. The molecule has 358 valence electrons. The summed E-state index contributed by atoms with van der Waals surface area (Å²) in [4.78, 5) is 43.1. The van der Waals surface area contributed by atoms with Gasteiger partial charge in [0.2, 0.25) is 0 Å². The number of carbonyl (C=O) groups is 2. The average molecular weight is 889 g/mol. The van der Waals surface area contributed by atoms with Gasteiger partial charge in [-0.2, -0.15) is 0 Å². The largest absolute Gasteiger partial charge is 0.469 e. The lowest BCUT2D eigenvalue weighted by Gasteiger charge is -2.18. The third kappa shape index (κ3) is 50.1. The summed E-state index contributed by atoms with van der Waals surface area (Å²) in [7, 11) is -4.77. The van der Waals surface area contributed by atoms with Crippen LogP contribution in [0.2, 0.25) is 0 Å². The molecule has 0 spiro atoms. The van der Waals surface area contributed by atoms with Crippen LogP contribution >= 0.6 is 7.82 Å². The summed E-state index contributed by atoms with van der Waals surface area (Å²) >= 11 is 0. The van der Waals surface area contributed by atoms with E-state index < -0.39 is 32.5 Å². The second kappa shape index (κ2) is 48.0. The minimum Gasteiger partial charge on any atom is -0.462 e. The number of carbonyl (C=O) groups excluding carboxylic acids is 2. The molecular weight excluding hydrogens is 796 g/mol. The molecule has 9 heteroatoms. The number of unbranched alkanes of at least 4 members (excludes halogenated alkanes) is 24. The maximum absolute atomic E-state index is 12.5. The standard InChI is InChI=1S/C53H93O8P/c1-3-5-7-9-11-13-15-17-19-21-23-25-26-28-29-31-33-35-37-39-41-43-45-47-52(54)59-49-51(50-60-62(56,57)58)61-53(55)48-46-44-42-40-38-36-34-32-30-27-24-22-20-18-16-14-12-10-8-6-4-2/h6,8,12,14-15,17-18,20-21,23-24,27,51H,3-5,7,9-11,13,16,19,22,25-26,28-50H2,1-2H3,(H2,56,57,58)/b8-6-,14-12-,17-15-,20-18-,23-21-,27-24-. The first kappa shape index (κ1) is 59.5. The lowest BCUT2D eigenvalue weighted by molar-refractivity contribution is -0.161. The second-order valence-electron chi connectivity index (χ2n) is 16.8. The van der Waals surface area contributed by atoms with Crippen molar-refractivity contribution in [1.29, 1.82) is 0 Å². The van der Waals surface area contributed by atoms with Gasteiger partial charge in [0.15, 0.2) is 6.10 Å². The number of rotatable bonds is 46. The highest BCUT2D eigenvalue weighted by Crippen LogP contribution is 2.36. The van der Waals surface area contributed by atoms with Crippen LogP contribution in [0.1, 0.15) is 232 Å². The van der Waals surface area contributed by atoms with Gasteiger partial charge in [0.05, 0.1) is 6.61 Å². The van der Waals surface area contributed by atoms with Crippen LogP contribution in [-0.2, 0) is 28.2 Å². The van der Waals surface area contributed by atoms with Crippen LogP contribution in [0.3, 0.4) is 0 Å². The molecule has 0 aliphatic carbocycles. The Balaban J connectivity index is 3.85. The number of ether oxygens (including phenoxy) is 2. The SMILES string of the molecule is CC/C=C\C/C=C\C/C=C\C/C=C\CCCCCCCCCCC(=O)OC(COC(=O)CCCCCCCCCCCCC/C=C\C/C=C\CCCCCCC)COP(=O)(O)O. The molecule has 0 aromatic heterocycles. The third-order valence-corrected chi connectivity index (χ3v) is 11.2. The Bertz CT molecular complexity index is 1230. The van der Waals surface area contributed by atoms with E-state index in [0.29, 0.717) is 6.42 Å². The van der Waals surface area contributed by atoms with E-state index in [1.807, 2.05) is 0 Å². The normalized spacial score (nSPS) is 13.0. The van der Waals surface area contributed by atoms with Crippen molar-refractivity contribution in [2.45, 2.75) is 238 Å². The Hall–Kier alpha value is -2.51. The zero-order valence-electron chi connectivity index (χ0n) is 39.8. The fourth-order valence-electron chi connectivity index (χ4n) is 6.98. The maximum Gasteiger partial charge on any atom is 0.469 e. The van der Waals surface area contributed by atoms with Crippen LogP contribution < -0.4 is 0 Å². The number of esters is 2. The molecule has 62 heavy (non-hydrogen) atoms. The summed E-state index contributed by atoms with van der Waals surface area (Å²) in [6.07, 6.45) is 63.4. The predicted octanol–water partition coefficient (Wildman–Crippen LogP) is 16.2. The van der Waals surface area contributed by atoms with Gasteiger partial charge < -0.3 is 19.3 Å².